The van der Waals surface area contributed by atoms with Gasteiger partial charge in [-0.3, -0.25) is 4.79 Å². The van der Waals surface area contributed by atoms with Crippen molar-refractivity contribution in [1.29, 1.82) is 0 Å². The fraction of sp³-hybridized carbons (Fsp3) is 0.375. The van der Waals surface area contributed by atoms with Gasteiger partial charge in [0.1, 0.15) is 6.54 Å². The van der Waals surface area contributed by atoms with Crippen LogP contribution < -0.4 is 0 Å². The monoisotopic (exact) mass is 153 g/mol. The number of carbonyl (C=O) groups is 1. The molecule has 3 heteroatoms. The second-order valence-corrected chi connectivity index (χ2v) is 2.53. The van der Waals surface area contributed by atoms with Gasteiger partial charge < -0.3 is 10.0 Å². The van der Waals surface area contributed by atoms with E-state index in [-0.39, 0.29) is 12.6 Å². The summed E-state index contributed by atoms with van der Waals surface area (Å²) in [5.41, 5.74) is 0. The average molecular weight is 153 g/mol. The average Bonchev–Trinajstić information content (AvgIpc) is 1.93. The van der Waals surface area contributed by atoms with Crippen molar-refractivity contribution in [2.45, 2.75) is 13.0 Å². The topological polar surface area (TPSA) is 40.5 Å². The third-order valence-electron chi connectivity index (χ3n) is 1.62. The van der Waals surface area contributed by atoms with Crippen LogP contribution in [0.25, 0.3) is 0 Å². The number of carboxylic acids is 1. The molecule has 0 aromatic heterocycles. The Kier molecular flexibility index (Phi) is 2.31. The third-order valence-corrected chi connectivity index (χ3v) is 1.62. The molecule has 0 aromatic rings. The summed E-state index contributed by atoms with van der Waals surface area (Å²) in [5, 5.41) is 8.48. The van der Waals surface area contributed by atoms with Crippen molar-refractivity contribution >= 4 is 5.97 Å². The van der Waals surface area contributed by atoms with Gasteiger partial charge in [0.25, 0.3) is 0 Å². The SMILES string of the molecule is CC1C=CC=CN1CC(=O)O. The van der Waals surface area contributed by atoms with E-state index in [1.165, 1.54) is 0 Å². The summed E-state index contributed by atoms with van der Waals surface area (Å²) in [6.07, 6.45) is 7.51. The van der Waals surface area contributed by atoms with E-state index in [0.717, 1.165) is 0 Å². The van der Waals surface area contributed by atoms with Gasteiger partial charge in [0, 0.05) is 12.2 Å². The van der Waals surface area contributed by atoms with Crippen LogP contribution in [0.15, 0.2) is 24.4 Å². The first kappa shape index (κ1) is 7.85. The summed E-state index contributed by atoms with van der Waals surface area (Å²) in [4.78, 5) is 12.1. The molecule has 1 unspecified atom stereocenters. The molecular formula is C8H11NO2. The van der Waals surface area contributed by atoms with Gasteiger partial charge >= 0.3 is 5.97 Å². The molecule has 0 aromatic carbocycles. The quantitative estimate of drug-likeness (QED) is 0.639. The van der Waals surface area contributed by atoms with Crippen molar-refractivity contribution < 1.29 is 9.90 Å². The van der Waals surface area contributed by atoms with Gasteiger partial charge in [-0.25, -0.2) is 0 Å². The summed E-state index contributed by atoms with van der Waals surface area (Å²) >= 11 is 0. The van der Waals surface area contributed by atoms with E-state index in [1.54, 1.807) is 11.1 Å². The number of aliphatic carboxylic acids is 1. The van der Waals surface area contributed by atoms with Crippen molar-refractivity contribution in [3.8, 4) is 0 Å². The van der Waals surface area contributed by atoms with E-state index < -0.39 is 5.97 Å². The zero-order valence-electron chi connectivity index (χ0n) is 6.40. The highest BCUT2D eigenvalue weighted by Crippen LogP contribution is 2.06. The molecule has 11 heavy (non-hydrogen) atoms. The molecule has 1 aliphatic heterocycles. The molecule has 1 heterocycles. The maximum Gasteiger partial charge on any atom is 0.323 e. The summed E-state index contributed by atoms with van der Waals surface area (Å²) in [6, 6.07) is 0.191. The molecule has 0 saturated heterocycles. The first-order chi connectivity index (χ1) is 5.20. The Morgan fingerprint density at radius 3 is 2.91 bits per heavy atom. The van der Waals surface area contributed by atoms with Crippen LogP contribution in [0.4, 0.5) is 0 Å². The molecule has 1 rings (SSSR count). The van der Waals surface area contributed by atoms with Crippen LogP contribution >= 0.6 is 0 Å². The fourth-order valence-electron chi connectivity index (χ4n) is 0.984. The van der Waals surface area contributed by atoms with Gasteiger partial charge in [0.2, 0.25) is 0 Å². The summed E-state index contributed by atoms with van der Waals surface area (Å²) < 4.78 is 0. The summed E-state index contributed by atoms with van der Waals surface area (Å²) in [7, 11) is 0. The van der Waals surface area contributed by atoms with Crippen LogP contribution in [0, 0.1) is 0 Å². The van der Waals surface area contributed by atoms with Crippen molar-refractivity contribution in [2.24, 2.45) is 0 Å². The van der Waals surface area contributed by atoms with Crippen molar-refractivity contribution in [3.63, 3.8) is 0 Å². The number of hydrogen-bond donors (Lipinski definition) is 1. The predicted octanol–water partition coefficient (Wildman–Crippen LogP) is 0.845. The molecule has 0 spiro atoms. The minimum Gasteiger partial charge on any atom is -0.480 e. The van der Waals surface area contributed by atoms with Gasteiger partial charge in [-0.1, -0.05) is 12.2 Å². The van der Waals surface area contributed by atoms with Crippen LogP contribution in [-0.2, 0) is 4.79 Å². The van der Waals surface area contributed by atoms with Gasteiger partial charge in [-0.15, -0.1) is 0 Å². The molecule has 1 atom stereocenters. The molecule has 1 aliphatic rings. The first-order valence-electron chi connectivity index (χ1n) is 3.52. The van der Waals surface area contributed by atoms with E-state index in [4.69, 9.17) is 5.11 Å². The van der Waals surface area contributed by atoms with Gasteiger partial charge in [0.15, 0.2) is 0 Å². The number of carboxylic acid groups (broad SMARTS) is 1. The zero-order valence-corrected chi connectivity index (χ0v) is 6.40. The second-order valence-electron chi connectivity index (χ2n) is 2.53. The normalized spacial score (nSPS) is 22.3. The largest absolute Gasteiger partial charge is 0.480 e. The number of rotatable bonds is 2. The zero-order chi connectivity index (χ0) is 8.27. The lowest BCUT2D eigenvalue weighted by Crippen LogP contribution is -2.32. The van der Waals surface area contributed by atoms with Crippen LogP contribution in [0.1, 0.15) is 6.92 Å². The van der Waals surface area contributed by atoms with E-state index in [0.29, 0.717) is 0 Å². The van der Waals surface area contributed by atoms with E-state index >= 15 is 0 Å². The number of nitrogens with zero attached hydrogens (tertiary/aromatic N) is 1. The molecule has 0 radical (unpaired) electrons. The second kappa shape index (κ2) is 3.23. The standard InChI is InChI=1S/C8H11NO2/c1-7-4-2-3-5-9(7)6-8(10)11/h2-5,7H,6H2,1H3,(H,10,11). The molecule has 0 bridgehead atoms. The Bertz CT molecular complexity index is 208. The highest BCUT2D eigenvalue weighted by molar-refractivity contribution is 5.69. The van der Waals surface area contributed by atoms with Crippen LogP contribution in [0.3, 0.4) is 0 Å². The fourth-order valence-corrected chi connectivity index (χ4v) is 0.984. The maximum absolute atomic E-state index is 10.3. The van der Waals surface area contributed by atoms with Crippen LogP contribution in [0.2, 0.25) is 0 Å². The molecule has 0 amide bonds. The maximum atomic E-state index is 10.3. The lowest BCUT2D eigenvalue weighted by Gasteiger charge is -2.25. The Balaban J connectivity index is 2.52. The van der Waals surface area contributed by atoms with Gasteiger partial charge in [-0.05, 0) is 13.0 Å². The molecule has 0 saturated carbocycles. The first-order valence-corrected chi connectivity index (χ1v) is 3.52. The third kappa shape index (κ3) is 2.11. The van der Waals surface area contributed by atoms with Crippen molar-refractivity contribution in [2.75, 3.05) is 6.54 Å². The van der Waals surface area contributed by atoms with E-state index in [1.807, 2.05) is 25.2 Å². The smallest absolute Gasteiger partial charge is 0.323 e. The van der Waals surface area contributed by atoms with E-state index in [2.05, 4.69) is 0 Å². The number of allylic oxidation sites excluding steroid dienone is 2. The highest BCUT2D eigenvalue weighted by Gasteiger charge is 2.11. The minimum absolute atomic E-state index is 0.0714. The summed E-state index contributed by atoms with van der Waals surface area (Å²) in [6.45, 7) is 2.03. The molecule has 0 aliphatic carbocycles. The highest BCUT2D eigenvalue weighted by atomic mass is 16.4. The van der Waals surface area contributed by atoms with Crippen LogP contribution in [-0.4, -0.2) is 28.6 Å². The van der Waals surface area contributed by atoms with Gasteiger partial charge in [0.05, 0.1) is 0 Å². The Hall–Kier alpha value is -1.25. The van der Waals surface area contributed by atoms with E-state index in [9.17, 15) is 4.79 Å². The molecule has 60 valence electrons. The Morgan fingerprint density at radius 2 is 2.36 bits per heavy atom. The Labute approximate surface area is 65.6 Å². The molecular weight excluding hydrogens is 142 g/mol. The minimum atomic E-state index is -0.795. The molecule has 0 fully saturated rings. The van der Waals surface area contributed by atoms with Gasteiger partial charge in [-0.2, -0.15) is 0 Å². The molecule has 3 nitrogen and oxygen atoms in total. The lowest BCUT2D eigenvalue weighted by molar-refractivity contribution is -0.137. The number of hydrogen-bond acceptors (Lipinski definition) is 2. The summed E-state index contributed by atoms with van der Waals surface area (Å²) in [5.74, 6) is -0.795. The predicted molar refractivity (Wildman–Crippen MR) is 42.1 cm³/mol. The Morgan fingerprint density at radius 1 is 1.64 bits per heavy atom. The lowest BCUT2D eigenvalue weighted by atomic mass is 10.2. The van der Waals surface area contributed by atoms with Crippen LogP contribution in [0.5, 0.6) is 0 Å². The van der Waals surface area contributed by atoms with Crippen molar-refractivity contribution in [1.82, 2.24) is 4.90 Å². The molecule has 1 N–H and O–H groups in total. The van der Waals surface area contributed by atoms with Crippen molar-refractivity contribution in [3.05, 3.63) is 24.4 Å².